The van der Waals surface area contributed by atoms with E-state index in [4.69, 9.17) is 9.15 Å². The van der Waals surface area contributed by atoms with Gasteiger partial charge in [0.25, 0.3) is 0 Å². The number of ether oxygens (including phenoxy) is 1. The summed E-state index contributed by atoms with van der Waals surface area (Å²) in [6, 6.07) is 0. The predicted octanol–water partition coefficient (Wildman–Crippen LogP) is 4.26. The predicted molar refractivity (Wildman–Crippen MR) is 108 cm³/mol. The van der Waals surface area contributed by atoms with E-state index in [0.29, 0.717) is 25.2 Å². The fourth-order valence-electron chi connectivity index (χ4n) is 4.65. The number of halogens is 3. The highest BCUT2D eigenvalue weighted by atomic mass is 19.4. The number of likely N-dealkylation sites (tertiary alicyclic amines) is 1. The average molecular weight is 453 g/mol. The van der Waals surface area contributed by atoms with Crippen molar-refractivity contribution in [3.05, 3.63) is 28.8 Å². The Kier molecular flexibility index (Phi) is 5.81. The number of alkyl halides is 3. The molecule has 1 aliphatic heterocycles. The van der Waals surface area contributed by atoms with Crippen molar-refractivity contribution in [1.29, 1.82) is 0 Å². The Balaban J connectivity index is 1.68. The Bertz CT molecular complexity index is 1030. The third kappa shape index (κ3) is 4.02. The third-order valence-corrected chi connectivity index (χ3v) is 6.28. The number of fused-ring (bicyclic) bond motifs is 3. The molecule has 0 N–H and O–H groups in total. The molecule has 1 atom stereocenters. The lowest BCUT2D eigenvalue weighted by molar-refractivity contribution is -0.138. The van der Waals surface area contributed by atoms with Gasteiger partial charge in [-0.1, -0.05) is 6.92 Å². The summed E-state index contributed by atoms with van der Waals surface area (Å²) >= 11 is 0. The molecule has 1 fully saturated rings. The van der Waals surface area contributed by atoms with Crippen LogP contribution in [0.25, 0.3) is 11.3 Å². The highest BCUT2D eigenvalue weighted by Gasteiger charge is 2.46. The van der Waals surface area contributed by atoms with Crippen molar-refractivity contribution >= 4 is 11.9 Å². The highest BCUT2D eigenvalue weighted by Crippen LogP contribution is 2.48. The van der Waals surface area contributed by atoms with E-state index in [0.717, 1.165) is 12.8 Å². The number of carbonyl (C=O) groups is 2. The van der Waals surface area contributed by atoms with Crippen molar-refractivity contribution in [3.8, 4) is 11.3 Å². The summed E-state index contributed by atoms with van der Waals surface area (Å²) in [7, 11) is 0. The zero-order valence-electron chi connectivity index (χ0n) is 18.3. The lowest BCUT2D eigenvalue weighted by Crippen LogP contribution is -2.38. The first-order valence-corrected chi connectivity index (χ1v) is 10.8. The van der Waals surface area contributed by atoms with Crippen LogP contribution < -0.4 is 0 Å². The second-order valence-electron chi connectivity index (χ2n) is 8.53. The van der Waals surface area contributed by atoms with E-state index < -0.39 is 23.5 Å². The number of aromatic nitrogens is 2. The molecule has 0 spiro atoms. The monoisotopic (exact) mass is 453 g/mol. The van der Waals surface area contributed by atoms with Gasteiger partial charge in [0.2, 0.25) is 11.7 Å². The molecule has 0 saturated carbocycles. The molecular formula is C22H26F3N3O4. The van der Waals surface area contributed by atoms with Gasteiger partial charge >= 0.3 is 12.1 Å². The van der Waals surface area contributed by atoms with Crippen molar-refractivity contribution < 1.29 is 31.9 Å². The summed E-state index contributed by atoms with van der Waals surface area (Å²) in [4.78, 5) is 25.5. The van der Waals surface area contributed by atoms with E-state index >= 15 is 0 Å². The topological polar surface area (TPSA) is 77.6 Å². The van der Waals surface area contributed by atoms with E-state index in [1.54, 1.807) is 22.7 Å². The third-order valence-electron chi connectivity index (χ3n) is 6.28. The summed E-state index contributed by atoms with van der Waals surface area (Å²) < 4.78 is 53.9. The van der Waals surface area contributed by atoms with Crippen molar-refractivity contribution in [3.63, 3.8) is 0 Å². The molecule has 0 bridgehead atoms. The normalized spacial score (nSPS) is 18.9. The molecule has 10 heteroatoms. The van der Waals surface area contributed by atoms with Gasteiger partial charge < -0.3 is 14.1 Å². The van der Waals surface area contributed by atoms with Gasteiger partial charge in [-0.05, 0) is 31.6 Å². The smallest absolute Gasteiger partial charge is 0.421 e. The van der Waals surface area contributed by atoms with Crippen LogP contribution in [0.4, 0.5) is 13.2 Å². The van der Waals surface area contributed by atoms with Crippen LogP contribution in [0.15, 0.2) is 10.6 Å². The maximum Gasteiger partial charge on any atom is 0.421 e. The molecule has 1 amide bonds. The number of hydrogen-bond donors (Lipinski definition) is 0. The molecule has 174 valence electrons. The second kappa shape index (κ2) is 8.29. The van der Waals surface area contributed by atoms with E-state index in [9.17, 15) is 22.8 Å². The standard InChI is InChI=1S/C22H26F3N3O4/c1-4-31-21(30)20-18(22(23,24)25)17-16(32-20)9-12(2)15-11-28(26-19(15)17)10-14-5-7-27(8-6-14)13(3)29/h11-12,14H,4-10H2,1-3H3. The summed E-state index contributed by atoms with van der Waals surface area (Å²) in [5.74, 6) is -1.59. The van der Waals surface area contributed by atoms with Crippen LogP contribution in [-0.2, 0) is 28.7 Å². The summed E-state index contributed by atoms with van der Waals surface area (Å²) in [6.07, 6.45) is -1.11. The largest absolute Gasteiger partial charge is 0.460 e. The fourth-order valence-corrected chi connectivity index (χ4v) is 4.65. The van der Waals surface area contributed by atoms with Crippen LogP contribution in [0.2, 0.25) is 0 Å². The molecule has 4 rings (SSSR count). The molecule has 3 heterocycles. The average Bonchev–Trinajstić information content (AvgIpc) is 3.30. The van der Waals surface area contributed by atoms with Gasteiger partial charge in [-0.3, -0.25) is 9.48 Å². The van der Waals surface area contributed by atoms with Crippen LogP contribution >= 0.6 is 0 Å². The Morgan fingerprint density at radius 2 is 1.97 bits per heavy atom. The van der Waals surface area contributed by atoms with Gasteiger partial charge in [0.05, 0.1) is 17.9 Å². The molecule has 2 aromatic rings. The van der Waals surface area contributed by atoms with Crippen LogP contribution in [0.5, 0.6) is 0 Å². The van der Waals surface area contributed by atoms with Gasteiger partial charge in [0, 0.05) is 44.7 Å². The number of amides is 1. The summed E-state index contributed by atoms with van der Waals surface area (Å²) in [6.45, 7) is 6.82. The highest BCUT2D eigenvalue weighted by molar-refractivity contribution is 5.92. The minimum atomic E-state index is -4.79. The molecule has 32 heavy (non-hydrogen) atoms. The van der Waals surface area contributed by atoms with Gasteiger partial charge in [0.1, 0.15) is 11.3 Å². The lowest BCUT2D eigenvalue weighted by atomic mass is 9.86. The molecule has 1 aliphatic carbocycles. The Labute approximate surface area is 183 Å². The molecular weight excluding hydrogens is 427 g/mol. The molecule has 0 aromatic carbocycles. The number of piperidine rings is 1. The zero-order valence-corrected chi connectivity index (χ0v) is 18.3. The number of rotatable bonds is 4. The van der Waals surface area contributed by atoms with E-state index in [2.05, 4.69) is 5.10 Å². The Hall–Kier alpha value is -2.78. The minimum absolute atomic E-state index is 0.0522. The molecule has 2 aliphatic rings. The van der Waals surface area contributed by atoms with Crippen LogP contribution in [-0.4, -0.2) is 46.3 Å². The van der Waals surface area contributed by atoms with E-state index in [-0.39, 0.29) is 47.8 Å². The SMILES string of the molecule is CCOC(=O)c1oc2c(c1C(F)(F)F)-c1nn(CC3CCN(C(C)=O)CC3)cc1C(C)C2. The van der Waals surface area contributed by atoms with Gasteiger partial charge in [0.15, 0.2) is 0 Å². The Morgan fingerprint density at radius 1 is 1.28 bits per heavy atom. The maximum atomic E-state index is 14.0. The molecule has 2 aromatic heterocycles. The molecule has 1 saturated heterocycles. The van der Waals surface area contributed by atoms with E-state index in [1.165, 1.54) is 6.92 Å². The molecule has 0 radical (unpaired) electrons. The first-order valence-electron chi connectivity index (χ1n) is 10.8. The second-order valence-corrected chi connectivity index (χ2v) is 8.53. The first-order chi connectivity index (χ1) is 15.1. The lowest BCUT2D eigenvalue weighted by Gasteiger charge is -2.31. The van der Waals surface area contributed by atoms with Crippen LogP contribution in [0, 0.1) is 5.92 Å². The minimum Gasteiger partial charge on any atom is -0.460 e. The van der Waals surface area contributed by atoms with Gasteiger partial charge in [-0.15, -0.1) is 0 Å². The van der Waals surface area contributed by atoms with Crippen LogP contribution in [0.1, 0.15) is 67.0 Å². The van der Waals surface area contributed by atoms with Crippen LogP contribution in [0.3, 0.4) is 0 Å². The number of furan rings is 1. The fraction of sp³-hybridized carbons (Fsp3) is 0.591. The van der Waals surface area contributed by atoms with Crippen molar-refractivity contribution in [2.75, 3.05) is 19.7 Å². The Morgan fingerprint density at radius 3 is 2.56 bits per heavy atom. The van der Waals surface area contributed by atoms with Crippen molar-refractivity contribution in [2.45, 2.75) is 58.7 Å². The van der Waals surface area contributed by atoms with Crippen molar-refractivity contribution in [2.24, 2.45) is 5.92 Å². The van der Waals surface area contributed by atoms with Crippen molar-refractivity contribution in [1.82, 2.24) is 14.7 Å². The summed E-state index contributed by atoms with van der Waals surface area (Å²) in [5, 5.41) is 4.51. The van der Waals surface area contributed by atoms with Gasteiger partial charge in [-0.25, -0.2) is 4.79 Å². The number of carbonyl (C=O) groups excluding carboxylic acids is 2. The number of nitrogens with zero attached hydrogens (tertiary/aromatic N) is 3. The zero-order chi connectivity index (χ0) is 23.2. The molecule has 7 nitrogen and oxygen atoms in total. The molecule has 1 unspecified atom stereocenters. The number of esters is 1. The first kappa shape index (κ1) is 22.4. The number of hydrogen-bond acceptors (Lipinski definition) is 5. The van der Waals surface area contributed by atoms with Gasteiger partial charge in [-0.2, -0.15) is 18.3 Å². The van der Waals surface area contributed by atoms with E-state index in [1.807, 2.05) is 6.92 Å². The summed E-state index contributed by atoms with van der Waals surface area (Å²) in [5.41, 5.74) is -0.343. The maximum absolute atomic E-state index is 14.0. The quantitative estimate of drug-likeness (QED) is 0.647.